The fourth-order valence-electron chi connectivity index (χ4n) is 2.11. The van der Waals surface area contributed by atoms with Crippen molar-refractivity contribution in [3.8, 4) is 5.75 Å². The molecule has 0 saturated heterocycles. The topological polar surface area (TPSA) is 41.5 Å². The molecule has 0 amide bonds. The van der Waals surface area contributed by atoms with E-state index in [4.69, 9.17) is 9.84 Å². The Labute approximate surface area is 110 Å². The first-order valence-corrected chi connectivity index (χ1v) is 6.87. The van der Waals surface area contributed by atoms with E-state index in [1.54, 1.807) is 0 Å². The number of halogens is 1. The summed E-state index contributed by atoms with van der Waals surface area (Å²) >= 11 is 3.47. The van der Waals surface area contributed by atoms with Crippen molar-refractivity contribution < 1.29 is 9.84 Å². The zero-order valence-corrected chi connectivity index (χ0v) is 11.4. The van der Waals surface area contributed by atoms with Crippen LogP contribution in [0, 0.1) is 0 Å². The number of ether oxygens (including phenoxy) is 1. The fraction of sp³-hybridized carbons (Fsp3) is 0.538. The van der Waals surface area contributed by atoms with Crippen molar-refractivity contribution in [3.63, 3.8) is 0 Å². The number of aliphatic hydroxyl groups excluding tert-OH is 1. The van der Waals surface area contributed by atoms with Crippen molar-refractivity contribution in [2.24, 2.45) is 0 Å². The summed E-state index contributed by atoms with van der Waals surface area (Å²) < 4.78 is 6.79. The average Bonchev–Trinajstić information content (AvgIpc) is 2.52. The van der Waals surface area contributed by atoms with E-state index in [1.807, 2.05) is 12.1 Å². The second-order valence-corrected chi connectivity index (χ2v) is 5.17. The molecule has 4 heteroatoms. The highest BCUT2D eigenvalue weighted by atomic mass is 79.9. The van der Waals surface area contributed by atoms with Crippen molar-refractivity contribution >= 4 is 15.9 Å². The Morgan fingerprint density at radius 1 is 1.47 bits per heavy atom. The molecule has 1 aliphatic heterocycles. The van der Waals surface area contributed by atoms with Gasteiger partial charge in [-0.25, -0.2) is 0 Å². The van der Waals surface area contributed by atoms with Gasteiger partial charge in [0.15, 0.2) is 0 Å². The van der Waals surface area contributed by atoms with Crippen LogP contribution in [0.3, 0.4) is 0 Å². The molecule has 94 valence electrons. The number of nitrogens with one attached hydrogen (secondary N) is 1. The second kappa shape index (κ2) is 6.38. The van der Waals surface area contributed by atoms with Crippen LogP contribution in [-0.2, 0) is 0 Å². The summed E-state index contributed by atoms with van der Waals surface area (Å²) in [5.41, 5.74) is 1.23. The first-order valence-electron chi connectivity index (χ1n) is 6.08. The quantitative estimate of drug-likeness (QED) is 0.840. The van der Waals surface area contributed by atoms with Gasteiger partial charge >= 0.3 is 0 Å². The van der Waals surface area contributed by atoms with E-state index in [9.17, 15) is 0 Å². The molecule has 2 rings (SSSR count). The Bertz CT molecular complexity index is 370. The molecule has 0 radical (unpaired) electrons. The van der Waals surface area contributed by atoms with E-state index in [0.29, 0.717) is 6.04 Å². The van der Waals surface area contributed by atoms with Crippen molar-refractivity contribution in [2.45, 2.75) is 25.3 Å². The van der Waals surface area contributed by atoms with Crippen molar-refractivity contribution in [1.82, 2.24) is 5.32 Å². The van der Waals surface area contributed by atoms with Crippen LogP contribution in [0.25, 0.3) is 0 Å². The lowest BCUT2D eigenvalue weighted by Crippen LogP contribution is -2.22. The molecule has 1 heterocycles. The van der Waals surface area contributed by atoms with Crippen LogP contribution in [0.1, 0.15) is 30.9 Å². The van der Waals surface area contributed by atoms with Gasteiger partial charge in [-0.2, -0.15) is 0 Å². The number of aliphatic hydroxyl groups is 1. The first kappa shape index (κ1) is 12.9. The van der Waals surface area contributed by atoms with Gasteiger partial charge in [0.1, 0.15) is 5.75 Å². The van der Waals surface area contributed by atoms with Gasteiger partial charge in [-0.3, -0.25) is 0 Å². The Kier molecular flexibility index (Phi) is 4.83. The fourth-order valence-corrected chi connectivity index (χ4v) is 2.45. The summed E-state index contributed by atoms with van der Waals surface area (Å²) in [5, 5.41) is 12.3. The number of hydrogen-bond donors (Lipinski definition) is 2. The minimum Gasteiger partial charge on any atom is -0.493 e. The largest absolute Gasteiger partial charge is 0.493 e. The van der Waals surface area contributed by atoms with Crippen LogP contribution >= 0.6 is 15.9 Å². The second-order valence-electron chi connectivity index (χ2n) is 4.26. The predicted octanol–water partition coefficient (Wildman–Crippen LogP) is 2.63. The summed E-state index contributed by atoms with van der Waals surface area (Å²) in [6.45, 7) is 1.86. The number of benzene rings is 1. The maximum absolute atomic E-state index is 8.81. The third kappa shape index (κ3) is 3.44. The lowest BCUT2D eigenvalue weighted by molar-refractivity contribution is 0.282. The molecule has 1 aromatic carbocycles. The molecule has 0 aliphatic carbocycles. The van der Waals surface area contributed by atoms with Gasteiger partial charge < -0.3 is 15.2 Å². The molecule has 0 spiro atoms. The lowest BCUT2D eigenvalue weighted by atomic mass is 10.0. The molecule has 1 aromatic rings. The van der Waals surface area contributed by atoms with Gasteiger partial charge in [0, 0.05) is 22.7 Å². The third-order valence-corrected chi connectivity index (χ3v) is 3.46. The van der Waals surface area contributed by atoms with Crippen LogP contribution in [0.15, 0.2) is 22.7 Å². The predicted molar refractivity (Wildman–Crippen MR) is 71.3 cm³/mol. The first-order chi connectivity index (χ1) is 8.31. The summed E-state index contributed by atoms with van der Waals surface area (Å²) in [6.07, 6.45) is 2.94. The zero-order valence-electron chi connectivity index (χ0n) is 9.79. The van der Waals surface area contributed by atoms with E-state index >= 15 is 0 Å². The molecule has 0 fully saturated rings. The van der Waals surface area contributed by atoms with Crippen LogP contribution in [-0.4, -0.2) is 24.9 Å². The highest BCUT2D eigenvalue weighted by Gasteiger charge is 2.19. The van der Waals surface area contributed by atoms with Gasteiger partial charge in [0.25, 0.3) is 0 Å². The van der Waals surface area contributed by atoms with Crippen molar-refractivity contribution in [3.05, 3.63) is 28.2 Å². The Morgan fingerprint density at radius 3 is 3.18 bits per heavy atom. The van der Waals surface area contributed by atoms with Gasteiger partial charge in [-0.1, -0.05) is 22.0 Å². The summed E-state index contributed by atoms with van der Waals surface area (Å²) in [6, 6.07) is 6.53. The lowest BCUT2D eigenvalue weighted by Gasteiger charge is -2.18. The standard InChI is InChI=1S/C13H18BrNO2/c14-10-4-5-11-12(15-6-2-7-16)3-1-8-17-13(11)9-10/h4-5,9,12,15-16H,1-3,6-8H2. The molecular weight excluding hydrogens is 282 g/mol. The molecule has 3 nitrogen and oxygen atoms in total. The van der Waals surface area contributed by atoms with Gasteiger partial charge in [0.05, 0.1) is 6.61 Å². The molecule has 17 heavy (non-hydrogen) atoms. The molecule has 2 N–H and O–H groups in total. The van der Waals surface area contributed by atoms with Crippen LogP contribution in [0.2, 0.25) is 0 Å². The van der Waals surface area contributed by atoms with Gasteiger partial charge in [-0.05, 0) is 37.9 Å². The van der Waals surface area contributed by atoms with Crippen LogP contribution in [0.5, 0.6) is 5.75 Å². The molecule has 1 atom stereocenters. The molecule has 0 aromatic heterocycles. The molecule has 1 unspecified atom stereocenters. The minimum absolute atomic E-state index is 0.239. The van der Waals surface area contributed by atoms with E-state index < -0.39 is 0 Å². The normalized spacial score (nSPS) is 19.3. The molecular formula is C13H18BrNO2. The summed E-state index contributed by atoms with van der Waals surface area (Å²) in [5.74, 6) is 0.971. The van der Waals surface area contributed by atoms with E-state index in [0.717, 1.165) is 42.6 Å². The third-order valence-electron chi connectivity index (χ3n) is 2.97. The molecule has 1 aliphatic rings. The smallest absolute Gasteiger partial charge is 0.125 e. The highest BCUT2D eigenvalue weighted by molar-refractivity contribution is 9.10. The van der Waals surface area contributed by atoms with E-state index in [2.05, 4.69) is 27.3 Å². The van der Waals surface area contributed by atoms with E-state index in [-0.39, 0.29) is 6.61 Å². The number of hydrogen-bond acceptors (Lipinski definition) is 3. The number of fused-ring (bicyclic) bond motifs is 1. The van der Waals surface area contributed by atoms with Crippen molar-refractivity contribution in [1.29, 1.82) is 0 Å². The maximum Gasteiger partial charge on any atom is 0.125 e. The number of rotatable bonds is 4. The van der Waals surface area contributed by atoms with E-state index in [1.165, 1.54) is 5.56 Å². The highest BCUT2D eigenvalue weighted by Crippen LogP contribution is 2.33. The Balaban J connectivity index is 2.12. The molecule has 0 saturated carbocycles. The average molecular weight is 300 g/mol. The Hall–Kier alpha value is -0.580. The Morgan fingerprint density at radius 2 is 2.35 bits per heavy atom. The molecule has 0 bridgehead atoms. The van der Waals surface area contributed by atoms with Gasteiger partial charge in [0.2, 0.25) is 0 Å². The zero-order chi connectivity index (χ0) is 12.1. The summed E-state index contributed by atoms with van der Waals surface area (Å²) in [4.78, 5) is 0. The van der Waals surface area contributed by atoms with Crippen LogP contribution < -0.4 is 10.1 Å². The maximum atomic E-state index is 8.81. The van der Waals surface area contributed by atoms with Gasteiger partial charge in [-0.15, -0.1) is 0 Å². The van der Waals surface area contributed by atoms with Crippen molar-refractivity contribution in [2.75, 3.05) is 19.8 Å². The minimum atomic E-state index is 0.239. The summed E-state index contributed by atoms with van der Waals surface area (Å²) in [7, 11) is 0. The SMILES string of the molecule is OCCCNC1CCCOc2cc(Br)ccc21. The monoisotopic (exact) mass is 299 g/mol. The van der Waals surface area contributed by atoms with Crippen LogP contribution in [0.4, 0.5) is 0 Å².